The molecule has 130 valence electrons. The van der Waals surface area contributed by atoms with Crippen molar-refractivity contribution in [2.75, 3.05) is 13.1 Å². The first-order valence-electron chi connectivity index (χ1n) is 9.50. The Morgan fingerprint density at radius 1 is 1.12 bits per heavy atom. The highest BCUT2D eigenvalue weighted by Crippen LogP contribution is 2.53. The van der Waals surface area contributed by atoms with E-state index in [9.17, 15) is 9.90 Å². The Balaban J connectivity index is 1.23. The van der Waals surface area contributed by atoms with Crippen molar-refractivity contribution < 1.29 is 9.90 Å². The van der Waals surface area contributed by atoms with Gasteiger partial charge in [-0.05, 0) is 68.8 Å². The Morgan fingerprint density at radius 3 is 2.33 bits per heavy atom. The number of rotatable bonds is 3. The van der Waals surface area contributed by atoms with E-state index in [-0.39, 0.29) is 11.8 Å². The van der Waals surface area contributed by atoms with Crippen molar-refractivity contribution in [2.45, 2.75) is 57.5 Å². The third-order valence-corrected chi connectivity index (χ3v) is 6.67. The van der Waals surface area contributed by atoms with Crippen molar-refractivity contribution in [3.8, 4) is 0 Å². The molecule has 3 nitrogen and oxygen atoms in total. The molecule has 3 heteroatoms. The second-order valence-corrected chi connectivity index (χ2v) is 8.89. The first-order valence-corrected chi connectivity index (χ1v) is 9.50. The van der Waals surface area contributed by atoms with Gasteiger partial charge in [0.05, 0.1) is 5.60 Å². The smallest absolute Gasteiger partial charge is 0.225 e. The number of benzene rings is 1. The van der Waals surface area contributed by atoms with Crippen molar-refractivity contribution in [2.24, 2.45) is 17.3 Å². The molecule has 1 spiro atoms. The van der Waals surface area contributed by atoms with E-state index in [0.29, 0.717) is 18.3 Å². The standard InChI is InChI=1S/C21H29NO2/c1-20(24)14-18(15-20)19(23)22-9-7-21(8-10-22)12-17(13-21)11-16-5-3-2-4-6-16/h2-6,17-18,24H,7-15H2,1H3. The van der Waals surface area contributed by atoms with E-state index in [1.807, 2.05) is 6.92 Å². The quantitative estimate of drug-likeness (QED) is 0.924. The summed E-state index contributed by atoms with van der Waals surface area (Å²) in [6.07, 6.45) is 7.52. The molecule has 4 rings (SSSR count). The molecule has 0 radical (unpaired) electrons. The molecule has 3 aliphatic rings. The summed E-state index contributed by atoms with van der Waals surface area (Å²) < 4.78 is 0. The zero-order valence-electron chi connectivity index (χ0n) is 14.7. The molecule has 1 N–H and O–H groups in total. The van der Waals surface area contributed by atoms with Crippen LogP contribution in [-0.4, -0.2) is 34.6 Å². The van der Waals surface area contributed by atoms with Crippen LogP contribution in [0.25, 0.3) is 0 Å². The van der Waals surface area contributed by atoms with E-state index >= 15 is 0 Å². The predicted octanol–water partition coefficient (Wildman–Crippen LogP) is 3.41. The minimum Gasteiger partial charge on any atom is -0.390 e. The molecule has 0 bridgehead atoms. The lowest BCUT2D eigenvalue weighted by Gasteiger charge is -2.53. The van der Waals surface area contributed by atoms with Gasteiger partial charge in [-0.1, -0.05) is 30.3 Å². The molecule has 0 atom stereocenters. The van der Waals surface area contributed by atoms with E-state index in [4.69, 9.17) is 0 Å². The molecule has 1 aromatic rings. The second-order valence-electron chi connectivity index (χ2n) is 8.89. The number of amides is 1. The molecule has 1 saturated heterocycles. The topological polar surface area (TPSA) is 40.5 Å². The number of carbonyl (C=O) groups is 1. The van der Waals surface area contributed by atoms with Crippen LogP contribution in [0.15, 0.2) is 30.3 Å². The summed E-state index contributed by atoms with van der Waals surface area (Å²) in [4.78, 5) is 14.6. The molecule has 2 aliphatic carbocycles. The van der Waals surface area contributed by atoms with Gasteiger partial charge in [0.2, 0.25) is 5.91 Å². The largest absolute Gasteiger partial charge is 0.390 e. The zero-order chi connectivity index (χ0) is 16.8. The molecule has 0 unspecified atom stereocenters. The van der Waals surface area contributed by atoms with Crippen LogP contribution in [0, 0.1) is 17.3 Å². The summed E-state index contributed by atoms with van der Waals surface area (Å²) in [7, 11) is 0. The van der Waals surface area contributed by atoms with Gasteiger partial charge in [0, 0.05) is 19.0 Å². The Morgan fingerprint density at radius 2 is 1.75 bits per heavy atom. The summed E-state index contributed by atoms with van der Waals surface area (Å²) in [6, 6.07) is 10.8. The average molecular weight is 327 g/mol. The summed E-state index contributed by atoms with van der Waals surface area (Å²) in [5, 5.41) is 9.84. The first kappa shape index (κ1) is 16.1. The van der Waals surface area contributed by atoms with Gasteiger partial charge in [-0.3, -0.25) is 4.79 Å². The van der Waals surface area contributed by atoms with Crippen molar-refractivity contribution in [3.63, 3.8) is 0 Å². The zero-order valence-corrected chi connectivity index (χ0v) is 14.7. The van der Waals surface area contributed by atoms with Gasteiger partial charge in [-0.2, -0.15) is 0 Å². The first-order chi connectivity index (χ1) is 11.4. The number of nitrogens with zero attached hydrogens (tertiary/aromatic N) is 1. The third kappa shape index (κ3) is 3.11. The molecular weight excluding hydrogens is 298 g/mol. The van der Waals surface area contributed by atoms with Gasteiger partial charge in [0.25, 0.3) is 0 Å². The fraction of sp³-hybridized carbons (Fsp3) is 0.667. The van der Waals surface area contributed by atoms with E-state index in [1.54, 1.807) is 0 Å². The van der Waals surface area contributed by atoms with Crippen LogP contribution in [0.2, 0.25) is 0 Å². The summed E-state index contributed by atoms with van der Waals surface area (Å²) >= 11 is 0. The monoisotopic (exact) mass is 327 g/mol. The molecule has 1 aromatic carbocycles. The van der Waals surface area contributed by atoms with Gasteiger partial charge in [-0.15, -0.1) is 0 Å². The minimum atomic E-state index is -0.601. The molecule has 1 heterocycles. The number of hydrogen-bond donors (Lipinski definition) is 1. The van der Waals surface area contributed by atoms with Gasteiger partial charge >= 0.3 is 0 Å². The normalized spacial score (nSPS) is 32.2. The van der Waals surface area contributed by atoms with Crippen LogP contribution in [0.1, 0.15) is 51.0 Å². The molecule has 0 aromatic heterocycles. The summed E-state index contributed by atoms with van der Waals surface area (Å²) in [6.45, 7) is 3.69. The number of likely N-dealkylation sites (tertiary alicyclic amines) is 1. The number of aliphatic hydroxyl groups is 1. The van der Waals surface area contributed by atoms with Gasteiger partial charge in [-0.25, -0.2) is 0 Å². The Kier molecular flexibility index (Phi) is 3.95. The van der Waals surface area contributed by atoms with Crippen molar-refractivity contribution >= 4 is 5.91 Å². The number of piperidine rings is 1. The van der Waals surface area contributed by atoms with E-state index in [0.717, 1.165) is 19.0 Å². The fourth-order valence-corrected chi connectivity index (χ4v) is 5.30. The van der Waals surface area contributed by atoms with E-state index < -0.39 is 5.60 Å². The predicted molar refractivity (Wildman–Crippen MR) is 94.5 cm³/mol. The van der Waals surface area contributed by atoms with Crippen LogP contribution >= 0.6 is 0 Å². The van der Waals surface area contributed by atoms with Crippen molar-refractivity contribution in [1.29, 1.82) is 0 Å². The Bertz CT molecular complexity index is 586. The van der Waals surface area contributed by atoms with Gasteiger partial charge in [0.15, 0.2) is 0 Å². The lowest BCUT2D eigenvalue weighted by molar-refractivity contribution is -0.153. The molecule has 24 heavy (non-hydrogen) atoms. The van der Waals surface area contributed by atoms with E-state index in [2.05, 4.69) is 35.2 Å². The van der Waals surface area contributed by atoms with Gasteiger partial charge < -0.3 is 10.0 Å². The summed E-state index contributed by atoms with van der Waals surface area (Å²) in [5.74, 6) is 1.19. The lowest BCUT2D eigenvalue weighted by Crippen LogP contribution is -2.54. The van der Waals surface area contributed by atoms with Crippen LogP contribution in [-0.2, 0) is 11.2 Å². The summed E-state index contributed by atoms with van der Waals surface area (Å²) in [5.41, 5.74) is 1.37. The number of carbonyl (C=O) groups excluding carboxylic acids is 1. The van der Waals surface area contributed by atoms with E-state index in [1.165, 1.54) is 37.7 Å². The SMILES string of the molecule is CC1(O)CC(C(=O)N2CCC3(CC2)CC(Cc2ccccc2)C3)C1. The Hall–Kier alpha value is -1.35. The average Bonchev–Trinajstić information content (AvgIpc) is 2.52. The molecule has 1 amide bonds. The minimum absolute atomic E-state index is 0.0706. The third-order valence-electron chi connectivity index (χ3n) is 6.67. The molecule has 1 aliphatic heterocycles. The highest BCUT2D eigenvalue weighted by Gasteiger charge is 2.48. The maximum Gasteiger partial charge on any atom is 0.225 e. The molecule has 3 fully saturated rings. The van der Waals surface area contributed by atoms with Gasteiger partial charge in [0.1, 0.15) is 0 Å². The number of hydrogen-bond acceptors (Lipinski definition) is 2. The van der Waals surface area contributed by atoms with Crippen molar-refractivity contribution in [1.82, 2.24) is 4.90 Å². The lowest BCUT2D eigenvalue weighted by atomic mass is 9.56. The van der Waals surface area contributed by atoms with Crippen LogP contribution < -0.4 is 0 Å². The van der Waals surface area contributed by atoms with Crippen molar-refractivity contribution in [3.05, 3.63) is 35.9 Å². The maximum absolute atomic E-state index is 12.5. The molecule has 2 saturated carbocycles. The van der Waals surface area contributed by atoms with Crippen LogP contribution in [0.3, 0.4) is 0 Å². The highest BCUT2D eigenvalue weighted by molar-refractivity contribution is 5.80. The molecular formula is C21H29NO2. The fourth-order valence-electron chi connectivity index (χ4n) is 5.30. The van der Waals surface area contributed by atoms with Crippen LogP contribution in [0.4, 0.5) is 0 Å². The maximum atomic E-state index is 12.5. The highest BCUT2D eigenvalue weighted by atomic mass is 16.3. The van der Waals surface area contributed by atoms with Crippen LogP contribution in [0.5, 0.6) is 0 Å². The Labute approximate surface area is 145 Å². The second kappa shape index (κ2) is 5.87.